The molecule has 0 aliphatic rings. The molecule has 0 saturated heterocycles. The first-order valence-corrected chi connectivity index (χ1v) is 7.01. The van der Waals surface area contributed by atoms with Crippen molar-refractivity contribution in [3.05, 3.63) is 42.0 Å². The second-order valence-electron chi connectivity index (χ2n) is 5.17. The van der Waals surface area contributed by atoms with Gasteiger partial charge in [-0.1, -0.05) is 44.5 Å². The summed E-state index contributed by atoms with van der Waals surface area (Å²) in [7, 11) is 0. The van der Waals surface area contributed by atoms with Gasteiger partial charge in [0.15, 0.2) is 0 Å². The first-order valence-electron chi connectivity index (χ1n) is 7.01. The first-order chi connectivity index (χ1) is 9.63. The predicted octanol–water partition coefficient (Wildman–Crippen LogP) is 4.35. The second kappa shape index (κ2) is 6.42. The lowest BCUT2D eigenvalue weighted by Crippen LogP contribution is -2.08. The van der Waals surface area contributed by atoms with Crippen molar-refractivity contribution in [2.75, 3.05) is 6.61 Å². The molecule has 0 spiro atoms. The average molecular weight is 272 g/mol. The Morgan fingerprint density at radius 1 is 1.20 bits per heavy atom. The Morgan fingerprint density at radius 2 is 1.90 bits per heavy atom. The van der Waals surface area contributed by atoms with Crippen molar-refractivity contribution in [2.45, 2.75) is 26.7 Å². The summed E-state index contributed by atoms with van der Waals surface area (Å²) >= 11 is 0. The lowest BCUT2D eigenvalue weighted by atomic mass is 10.0. The van der Waals surface area contributed by atoms with Crippen LogP contribution in [0.4, 0.5) is 0 Å². The molecule has 0 aliphatic heterocycles. The minimum Gasteiger partial charge on any atom is -0.493 e. The van der Waals surface area contributed by atoms with E-state index in [4.69, 9.17) is 4.74 Å². The van der Waals surface area contributed by atoms with E-state index in [0.29, 0.717) is 18.1 Å². The van der Waals surface area contributed by atoms with E-state index in [2.05, 4.69) is 13.8 Å². The Balaban J connectivity index is 2.31. The van der Waals surface area contributed by atoms with Gasteiger partial charge < -0.3 is 9.84 Å². The van der Waals surface area contributed by atoms with Gasteiger partial charge in [0.05, 0.1) is 12.2 Å². The maximum absolute atomic E-state index is 11.2. The van der Waals surface area contributed by atoms with E-state index in [0.717, 1.165) is 29.4 Å². The molecule has 0 radical (unpaired) electrons. The molecule has 0 amide bonds. The van der Waals surface area contributed by atoms with Crippen molar-refractivity contribution in [3.63, 3.8) is 0 Å². The fourth-order valence-corrected chi connectivity index (χ4v) is 2.39. The molecule has 0 aromatic heterocycles. The minimum atomic E-state index is -0.910. The van der Waals surface area contributed by atoms with Gasteiger partial charge in [-0.3, -0.25) is 0 Å². The molecule has 3 nitrogen and oxygen atoms in total. The van der Waals surface area contributed by atoms with Crippen molar-refractivity contribution in [1.29, 1.82) is 0 Å². The summed E-state index contributed by atoms with van der Waals surface area (Å²) in [6.45, 7) is 4.98. The highest BCUT2D eigenvalue weighted by Gasteiger charge is 2.12. The van der Waals surface area contributed by atoms with Crippen molar-refractivity contribution >= 4 is 16.7 Å². The molecule has 1 unspecified atom stereocenters. The predicted molar refractivity (Wildman–Crippen MR) is 80.5 cm³/mol. The van der Waals surface area contributed by atoms with E-state index in [9.17, 15) is 9.90 Å². The van der Waals surface area contributed by atoms with Gasteiger partial charge >= 0.3 is 5.97 Å². The van der Waals surface area contributed by atoms with Gasteiger partial charge in [0.1, 0.15) is 5.75 Å². The highest BCUT2D eigenvalue weighted by Crippen LogP contribution is 2.29. The summed E-state index contributed by atoms with van der Waals surface area (Å²) in [5.41, 5.74) is 0.314. The lowest BCUT2D eigenvalue weighted by molar-refractivity contribution is 0.0699. The Morgan fingerprint density at radius 3 is 2.55 bits per heavy atom. The number of carboxylic acids is 1. The van der Waals surface area contributed by atoms with Crippen LogP contribution in [0.2, 0.25) is 0 Å². The van der Waals surface area contributed by atoms with Crippen LogP contribution in [-0.2, 0) is 0 Å². The molecule has 0 bridgehead atoms. The topological polar surface area (TPSA) is 46.5 Å². The van der Waals surface area contributed by atoms with E-state index >= 15 is 0 Å². The van der Waals surface area contributed by atoms with E-state index in [1.807, 2.05) is 24.3 Å². The van der Waals surface area contributed by atoms with E-state index < -0.39 is 5.97 Å². The van der Waals surface area contributed by atoms with Crippen molar-refractivity contribution in [1.82, 2.24) is 0 Å². The highest BCUT2D eigenvalue weighted by molar-refractivity contribution is 6.05. The third-order valence-electron chi connectivity index (χ3n) is 3.42. The maximum Gasteiger partial charge on any atom is 0.336 e. The van der Waals surface area contributed by atoms with E-state index in [1.54, 1.807) is 12.1 Å². The van der Waals surface area contributed by atoms with E-state index in [1.165, 1.54) is 0 Å². The summed E-state index contributed by atoms with van der Waals surface area (Å²) in [4.78, 5) is 11.2. The van der Waals surface area contributed by atoms with Gasteiger partial charge in [0, 0.05) is 5.39 Å². The molecule has 2 rings (SSSR count). The second-order valence-corrected chi connectivity index (χ2v) is 5.17. The summed E-state index contributed by atoms with van der Waals surface area (Å²) in [6.07, 6.45) is 2.27. The minimum absolute atomic E-state index is 0.314. The third kappa shape index (κ3) is 3.10. The van der Waals surface area contributed by atoms with Crippen LogP contribution < -0.4 is 4.74 Å². The SMILES string of the molecule is CCCC(C)COc1ccc(C(=O)O)c2ccccc12. The summed E-state index contributed by atoms with van der Waals surface area (Å²) in [6, 6.07) is 10.8. The van der Waals surface area contributed by atoms with Crippen LogP contribution >= 0.6 is 0 Å². The maximum atomic E-state index is 11.2. The first kappa shape index (κ1) is 14.4. The molecule has 1 N–H and O–H groups in total. The standard InChI is InChI=1S/C17H20O3/c1-3-6-12(2)11-20-16-10-9-15(17(18)19)13-7-4-5-8-14(13)16/h4-5,7-10,12H,3,6,11H2,1-2H3,(H,18,19). The van der Waals surface area contributed by atoms with Gasteiger partial charge in [-0.25, -0.2) is 4.79 Å². The zero-order valence-electron chi connectivity index (χ0n) is 11.9. The Labute approximate surface area is 119 Å². The Kier molecular flexibility index (Phi) is 4.61. The van der Waals surface area contributed by atoms with Crippen LogP contribution in [0.3, 0.4) is 0 Å². The van der Waals surface area contributed by atoms with E-state index in [-0.39, 0.29) is 0 Å². The quantitative estimate of drug-likeness (QED) is 0.850. The highest BCUT2D eigenvalue weighted by atomic mass is 16.5. The number of fused-ring (bicyclic) bond motifs is 1. The molecule has 1 atom stereocenters. The Bertz CT molecular complexity index is 604. The molecule has 20 heavy (non-hydrogen) atoms. The molecule has 3 heteroatoms. The lowest BCUT2D eigenvalue weighted by Gasteiger charge is -2.14. The van der Waals surface area contributed by atoms with Crippen molar-refractivity contribution < 1.29 is 14.6 Å². The molecule has 0 fully saturated rings. The number of rotatable bonds is 6. The molecule has 0 saturated carbocycles. The monoisotopic (exact) mass is 272 g/mol. The summed E-state index contributed by atoms with van der Waals surface area (Å²) in [5.74, 6) is 0.346. The number of hydrogen-bond donors (Lipinski definition) is 1. The summed E-state index contributed by atoms with van der Waals surface area (Å²) in [5, 5.41) is 10.8. The number of carbonyl (C=O) groups is 1. The third-order valence-corrected chi connectivity index (χ3v) is 3.42. The molecule has 0 aliphatic carbocycles. The normalized spacial score (nSPS) is 12.3. The van der Waals surface area contributed by atoms with Crippen molar-refractivity contribution in [3.8, 4) is 5.75 Å². The smallest absolute Gasteiger partial charge is 0.336 e. The van der Waals surface area contributed by atoms with Gasteiger partial charge in [-0.05, 0) is 29.9 Å². The van der Waals surface area contributed by atoms with Crippen molar-refractivity contribution in [2.24, 2.45) is 5.92 Å². The number of hydrogen-bond acceptors (Lipinski definition) is 2. The molecule has 106 valence electrons. The number of ether oxygens (including phenoxy) is 1. The van der Waals surface area contributed by atoms with Crippen LogP contribution in [0.15, 0.2) is 36.4 Å². The zero-order chi connectivity index (χ0) is 14.5. The average Bonchev–Trinajstić information content (AvgIpc) is 2.44. The molecule has 0 heterocycles. The largest absolute Gasteiger partial charge is 0.493 e. The Hall–Kier alpha value is -2.03. The van der Waals surface area contributed by atoms with Crippen LogP contribution in [0.1, 0.15) is 37.0 Å². The van der Waals surface area contributed by atoms with Gasteiger partial charge in [0.2, 0.25) is 0 Å². The van der Waals surface area contributed by atoms with Crippen LogP contribution in [0, 0.1) is 5.92 Å². The molecular formula is C17H20O3. The van der Waals surface area contributed by atoms with Gasteiger partial charge in [-0.15, -0.1) is 0 Å². The van der Waals surface area contributed by atoms with Crippen LogP contribution in [0.25, 0.3) is 10.8 Å². The fraction of sp³-hybridized carbons (Fsp3) is 0.353. The molecule has 2 aromatic carbocycles. The van der Waals surface area contributed by atoms with Crippen LogP contribution in [0.5, 0.6) is 5.75 Å². The number of aromatic carboxylic acids is 1. The fourth-order valence-electron chi connectivity index (χ4n) is 2.39. The number of benzene rings is 2. The van der Waals surface area contributed by atoms with Gasteiger partial charge in [0.25, 0.3) is 0 Å². The molecular weight excluding hydrogens is 252 g/mol. The van der Waals surface area contributed by atoms with Crippen LogP contribution in [-0.4, -0.2) is 17.7 Å². The summed E-state index contributed by atoms with van der Waals surface area (Å²) < 4.78 is 5.88. The van der Waals surface area contributed by atoms with Gasteiger partial charge in [-0.2, -0.15) is 0 Å². The number of carboxylic acid groups (broad SMARTS) is 1. The zero-order valence-corrected chi connectivity index (χ0v) is 11.9. The molecule has 2 aromatic rings.